The summed E-state index contributed by atoms with van der Waals surface area (Å²) < 4.78 is 1.83. The number of hydrogen-bond donors (Lipinski definition) is 2. The van der Waals surface area contributed by atoms with E-state index in [4.69, 9.17) is 4.98 Å². The second-order valence-corrected chi connectivity index (χ2v) is 6.60. The van der Waals surface area contributed by atoms with Gasteiger partial charge in [0.25, 0.3) is 0 Å². The van der Waals surface area contributed by atoms with Crippen molar-refractivity contribution >= 4 is 17.3 Å². The topological polar surface area (TPSA) is 99.9 Å². The largest absolute Gasteiger partial charge is 0.365 e. The molecular weight excluding hydrogens is 342 g/mol. The summed E-state index contributed by atoms with van der Waals surface area (Å²) in [5, 5.41) is 15.9. The number of pyridine rings is 1. The Hall–Kier alpha value is -3.49. The molecule has 27 heavy (non-hydrogen) atoms. The van der Waals surface area contributed by atoms with E-state index in [0.717, 1.165) is 48.8 Å². The van der Waals surface area contributed by atoms with Gasteiger partial charge in [0.1, 0.15) is 12.1 Å². The molecule has 1 aliphatic heterocycles. The molecule has 1 aliphatic rings. The van der Waals surface area contributed by atoms with Crippen LogP contribution in [0.1, 0.15) is 12.8 Å². The van der Waals surface area contributed by atoms with E-state index in [1.165, 1.54) is 0 Å². The number of fused-ring (bicyclic) bond motifs is 1. The number of nitrogens with zero attached hydrogens (tertiary/aromatic N) is 7. The van der Waals surface area contributed by atoms with Crippen molar-refractivity contribution in [3.63, 3.8) is 0 Å². The van der Waals surface area contributed by atoms with E-state index in [0.29, 0.717) is 5.82 Å². The van der Waals surface area contributed by atoms with Crippen LogP contribution in [-0.4, -0.2) is 53.9 Å². The summed E-state index contributed by atoms with van der Waals surface area (Å²) in [5.74, 6) is 2.31. The van der Waals surface area contributed by atoms with Gasteiger partial charge in [-0.25, -0.2) is 14.5 Å². The van der Waals surface area contributed by atoms with Gasteiger partial charge in [0.2, 0.25) is 5.95 Å². The maximum absolute atomic E-state index is 4.72. The van der Waals surface area contributed by atoms with Crippen LogP contribution in [0.3, 0.4) is 0 Å². The highest BCUT2D eigenvalue weighted by molar-refractivity contribution is 5.75. The average molecular weight is 361 g/mol. The third-order valence-corrected chi connectivity index (χ3v) is 4.80. The van der Waals surface area contributed by atoms with E-state index in [1.54, 1.807) is 18.7 Å². The highest BCUT2D eigenvalue weighted by Gasteiger charge is 2.22. The van der Waals surface area contributed by atoms with Crippen LogP contribution in [0.2, 0.25) is 0 Å². The molecule has 0 saturated carbocycles. The molecule has 0 amide bonds. The van der Waals surface area contributed by atoms with E-state index >= 15 is 0 Å². The van der Waals surface area contributed by atoms with Gasteiger partial charge in [-0.2, -0.15) is 5.10 Å². The van der Waals surface area contributed by atoms with Gasteiger partial charge in [-0.1, -0.05) is 6.07 Å². The Labute approximate surface area is 155 Å². The van der Waals surface area contributed by atoms with Gasteiger partial charge in [-0.3, -0.25) is 0 Å². The average Bonchev–Trinajstić information content (AvgIpc) is 3.39. The molecule has 1 atom stereocenters. The van der Waals surface area contributed by atoms with Crippen molar-refractivity contribution in [2.75, 3.05) is 23.3 Å². The fourth-order valence-electron chi connectivity index (χ4n) is 3.53. The fraction of sp³-hybridized carbons (Fsp3) is 0.278. The first kappa shape index (κ1) is 15.7. The lowest BCUT2D eigenvalue weighted by Gasteiger charge is -2.32. The van der Waals surface area contributed by atoms with Crippen LogP contribution in [0, 0.1) is 0 Å². The Morgan fingerprint density at radius 1 is 1.22 bits per heavy atom. The van der Waals surface area contributed by atoms with E-state index < -0.39 is 0 Å². The first-order valence-corrected chi connectivity index (χ1v) is 9.00. The Balaban J connectivity index is 1.36. The van der Waals surface area contributed by atoms with Crippen molar-refractivity contribution < 1.29 is 0 Å². The Morgan fingerprint density at radius 3 is 3.15 bits per heavy atom. The standard InChI is InChI=1S/C18H19N9/c1-2-9-27-15(5-1)14(10-22-27)17-19-7-6-16(24-17)23-13-4-3-8-26(11-13)18-20-12-21-25-18/h1-2,5-7,9-10,12-13H,3-4,8,11H2,(H,19,23,24)(H,20,21,25). The zero-order chi connectivity index (χ0) is 18.1. The summed E-state index contributed by atoms with van der Waals surface area (Å²) in [6.45, 7) is 1.83. The Morgan fingerprint density at radius 2 is 2.22 bits per heavy atom. The summed E-state index contributed by atoms with van der Waals surface area (Å²) in [4.78, 5) is 14.4. The van der Waals surface area contributed by atoms with Crippen LogP contribution in [-0.2, 0) is 0 Å². The van der Waals surface area contributed by atoms with Gasteiger partial charge in [0, 0.05) is 31.5 Å². The van der Waals surface area contributed by atoms with Gasteiger partial charge in [-0.15, -0.1) is 10.2 Å². The molecule has 0 bridgehead atoms. The third-order valence-electron chi connectivity index (χ3n) is 4.80. The summed E-state index contributed by atoms with van der Waals surface area (Å²) in [6.07, 6.45) is 9.29. The SMILES string of the molecule is c1ccn2ncc(-c3nccc(NC4CCCN(c5nnc[nH]5)C4)n3)c2c1. The molecule has 5 heterocycles. The zero-order valence-corrected chi connectivity index (χ0v) is 14.7. The molecule has 9 nitrogen and oxygen atoms in total. The molecule has 9 heteroatoms. The second-order valence-electron chi connectivity index (χ2n) is 6.60. The maximum atomic E-state index is 4.72. The highest BCUT2D eigenvalue weighted by atomic mass is 15.4. The summed E-state index contributed by atoms with van der Waals surface area (Å²) in [6, 6.07) is 8.15. The third kappa shape index (κ3) is 3.07. The monoisotopic (exact) mass is 361 g/mol. The molecular formula is C18H19N9. The number of aromatic nitrogens is 7. The minimum absolute atomic E-state index is 0.288. The molecule has 1 unspecified atom stereocenters. The zero-order valence-electron chi connectivity index (χ0n) is 14.7. The molecule has 0 aromatic carbocycles. The molecule has 1 saturated heterocycles. The van der Waals surface area contributed by atoms with Crippen LogP contribution in [0.5, 0.6) is 0 Å². The molecule has 2 N–H and O–H groups in total. The van der Waals surface area contributed by atoms with Crippen molar-refractivity contribution in [3.8, 4) is 11.4 Å². The number of rotatable bonds is 4. The quantitative estimate of drug-likeness (QED) is 0.573. The number of nitrogens with one attached hydrogen (secondary N) is 2. The van der Waals surface area contributed by atoms with Gasteiger partial charge >= 0.3 is 0 Å². The van der Waals surface area contributed by atoms with Gasteiger partial charge in [0.15, 0.2) is 5.82 Å². The minimum atomic E-state index is 0.288. The Kier molecular flexibility index (Phi) is 3.89. The van der Waals surface area contributed by atoms with Crippen molar-refractivity contribution in [1.82, 2.24) is 34.8 Å². The predicted octanol–water partition coefficient (Wildman–Crippen LogP) is 1.99. The van der Waals surface area contributed by atoms with Crippen molar-refractivity contribution in [2.24, 2.45) is 0 Å². The maximum Gasteiger partial charge on any atom is 0.224 e. The second kappa shape index (κ2) is 6.67. The Bertz CT molecular complexity index is 1040. The minimum Gasteiger partial charge on any atom is -0.365 e. The van der Waals surface area contributed by atoms with Crippen LogP contribution in [0.25, 0.3) is 16.9 Å². The number of piperidine rings is 1. The fourth-order valence-corrected chi connectivity index (χ4v) is 3.53. The summed E-state index contributed by atoms with van der Waals surface area (Å²) in [7, 11) is 0. The number of anilines is 2. The molecule has 1 fully saturated rings. The van der Waals surface area contributed by atoms with Crippen LogP contribution >= 0.6 is 0 Å². The molecule has 136 valence electrons. The molecule has 0 aliphatic carbocycles. The van der Waals surface area contributed by atoms with Crippen LogP contribution in [0.15, 0.2) is 49.2 Å². The lowest BCUT2D eigenvalue weighted by molar-refractivity contribution is 0.522. The first-order valence-electron chi connectivity index (χ1n) is 9.00. The summed E-state index contributed by atoms with van der Waals surface area (Å²) in [5.41, 5.74) is 1.91. The predicted molar refractivity (Wildman–Crippen MR) is 101 cm³/mol. The number of hydrogen-bond acceptors (Lipinski definition) is 7. The van der Waals surface area contributed by atoms with Crippen LogP contribution in [0.4, 0.5) is 11.8 Å². The van der Waals surface area contributed by atoms with Gasteiger partial charge < -0.3 is 15.2 Å². The molecule has 5 rings (SSSR count). The molecule has 0 spiro atoms. The van der Waals surface area contributed by atoms with E-state index in [-0.39, 0.29) is 6.04 Å². The van der Waals surface area contributed by atoms with Gasteiger partial charge in [0.05, 0.1) is 17.3 Å². The van der Waals surface area contributed by atoms with Crippen molar-refractivity contribution in [1.29, 1.82) is 0 Å². The number of aromatic amines is 1. The van der Waals surface area contributed by atoms with E-state index in [9.17, 15) is 0 Å². The molecule has 4 aromatic heterocycles. The normalized spacial score (nSPS) is 17.3. The van der Waals surface area contributed by atoms with Crippen molar-refractivity contribution in [2.45, 2.75) is 18.9 Å². The summed E-state index contributed by atoms with van der Waals surface area (Å²) >= 11 is 0. The first-order chi connectivity index (χ1) is 13.4. The lowest BCUT2D eigenvalue weighted by Crippen LogP contribution is -2.42. The van der Waals surface area contributed by atoms with E-state index in [1.807, 2.05) is 35.0 Å². The van der Waals surface area contributed by atoms with Crippen LogP contribution < -0.4 is 10.2 Å². The van der Waals surface area contributed by atoms with E-state index in [2.05, 4.69) is 35.5 Å². The number of H-pyrrole nitrogens is 1. The lowest BCUT2D eigenvalue weighted by atomic mass is 10.1. The molecule has 4 aromatic rings. The highest BCUT2D eigenvalue weighted by Crippen LogP contribution is 2.23. The van der Waals surface area contributed by atoms with Gasteiger partial charge in [-0.05, 0) is 31.0 Å². The van der Waals surface area contributed by atoms with Crippen molar-refractivity contribution in [3.05, 3.63) is 49.2 Å². The molecule has 0 radical (unpaired) electrons. The smallest absolute Gasteiger partial charge is 0.224 e.